The molecule has 4 aliphatic rings. The number of allylic oxidation sites excluding steroid dienone is 2. The van der Waals surface area contributed by atoms with Gasteiger partial charge in [-0.1, -0.05) is 12.2 Å². The summed E-state index contributed by atoms with van der Waals surface area (Å²) < 4.78 is 0. The second-order valence-corrected chi connectivity index (χ2v) is 9.86. The molecule has 4 atom stereocenters. The number of carbonyl (C=O) groups excluding carboxylic acids is 3. The second-order valence-electron chi connectivity index (χ2n) is 9.86. The van der Waals surface area contributed by atoms with E-state index in [9.17, 15) is 14.4 Å². The molecule has 30 heavy (non-hydrogen) atoms. The largest absolute Gasteiger partial charge is 0.356 e. The summed E-state index contributed by atoms with van der Waals surface area (Å²) >= 11 is 0. The minimum absolute atomic E-state index is 0.00383. The predicted octanol–water partition coefficient (Wildman–Crippen LogP) is 2.29. The van der Waals surface area contributed by atoms with Crippen molar-refractivity contribution in [2.45, 2.75) is 58.3 Å². The molecule has 166 valence electrons. The van der Waals surface area contributed by atoms with E-state index in [0.717, 1.165) is 32.2 Å². The van der Waals surface area contributed by atoms with Crippen molar-refractivity contribution in [2.24, 2.45) is 29.1 Å². The highest BCUT2D eigenvalue weighted by molar-refractivity contribution is 5.90. The first-order valence-electron chi connectivity index (χ1n) is 12.0. The van der Waals surface area contributed by atoms with Crippen molar-refractivity contribution in [3.63, 3.8) is 0 Å². The van der Waals surface area contributed by atoms with Gasteiger partial charge in [0.15, 0.2) is 0 Å². The monoisotopic (exact) mass is 415 g/mol. The fourth-order valence-corrected chi connectivity index (χ4v) is 6.17. The first-order valence-corrected chi connectivity index (χ1v) is 12.0. The third kappa shape index (κ3) is 4.34. The van der Waals surface area contributed by atoms with E-state index in [2.05, 4.69) is 27.7 Å². The molecule has 4 rings (SSSR count). The van der Waals surface area contributed by atoms with E-state index in [1.165, 1.54) is 25.9 Å². The van der Waals surface area contributed by atoms with E-state index in [4.69, 9.17) is 0 Å². The molecule has 1 spiro atoms. The maximum atomic E-state index is 13.1. The van der Waals surface area contributed by atoms with Crippen LogP contribution in [0, 0.1) is 29.1 Å². The number of likely N-dealkylation sites (tertiary alicyclic amines) is 1. The average molecular weight is 416 g/mol. The lowest BCUT2D eigenvalue weighted by Crippen LogP contribution is -2.44. The molecule has 1 aliphatic heterocycles. The molecule has 0 radical (unpaired) electrons. The Labute approximate surface area is 180 Å². The van der Waals surface area contributed by atoms with Gasteiger partial charge >= 0.3 is 0 Å². The Balaban J connectivity index is 1.28. The smallest absolute Gasteiger partial charge is 0.224 e. The fourth-order valence-electron chi connectivity index (χ4n) is 6.17. The summed E-state index contributed by atoms with van der Waals surface area (Å²) in [6.07, 6.45) is 12.5. The molecule has 2 amide bonds. The quantitative estimate of drug-likeness (QED) is 0.401. The minimum atomic E-state index is -0.260. The van der Waals surface area contributed by atoms with Gasteiger partial charge in [-0.25, -0.2) is 0 Å². The number of carbonyl (C=O) groups is 3. The van der Waals surface area contributed by atoms with Gasteiger partial charge in [-0.05, 0) is 88.8 Å². The molecule has 0 unspecified atom stereocenters. The summed E-state index contributed by atoms with van der Waals surface area (Å²) in [6.45, 7) is 6.34. The maximum Gasteiger partial charge on any atom is 0.224 e. The molecule has 1 heterocycles. The van der Waals surface area contributed by atoms with Crippen molar-refractivity contribution in [3.05, 3.63) is 12.2 Å². The number of amides is 2. The predicted molar refractivity (Wildman–Crippen MR) is 116 cm³/mol. The average Bonchev–Trinajstić information content (AvgIpc) is 3.08. The first-order chi connectivity index (χ1) is 14.5. The number of hydrogen-bond acceptors (Lipinski definition) is 4. The van der Waals surface area contributed by atoms with Crippen molar-refractivity contribution in [1.82, 2.24) is 15.5 Å². The van der Waals surface area contributed by atoms with Gasteiger partial charge in [-0.2, -0.15) is 0 Å². The van der Waals surface area contributed by atoms with Crippen LogP contribution in [0.2, 0.25) is 0 Å². The number of unbranched alkanes of at least 4 members (excludes halogenated alkanes) is 1. The molecule has 0 aromatic heterocycles. The molecule has 2 N–H and O–H groups in total. The number of ketones is 1. The van der Waals surface area contributed by atoms with Crippen molar-refractivity contribution < 1.29 is 14.4 Å². The highest BCUT2D eigenvalue weighted by Gasteiger charge is 2.69. The number of nitrogens with one attached hydrogen (secondary N) is 2. The van der Waals surface area contributed by atoms with Gasteiger partial charge in [0.2, 0.25) is 11.8 Å². The van der Waals surface area contributed by atoms with Crippen LogP contribution in [0.3, 0.4) is 0 Å². The Morgan fingerprint density at radius 1 is 0.900 bits per heavy atom. The van der Waals surface area contributed by atoms with Crippen molar-refractivity contribution in [2.75, 3.05) is 32.7 Å². The van der Waals surface area contributed by atoms with Gasteiger partial charge in [0.05, 0.1) is 11.8 Å². The molecule has 3 aliphatic carbocycles. The van der Waals surface area contributed by atoms with E-state index in [-0.39, 0.29) is 46.7 Å². The van der Waals surface area contributed by atoms with E-state index in [1.807, 2.05) is 0 Å². The molecule has 2 saturated carbocycles. The van der Waals surface area contributed by atoms with Crippen molar-refractivity contribution in [3.8, 4) is 0 Å². The molecule has 3 fully saturated rings. The third-order valence-corrected chi connectivity index (χ3v) is 7.85. The van der Waals surface area contributed by atoms with Gasteiger partial charge in [0.1, 0.15) is 5.78 Å². The summed E-state index contributed by atoms with van der Waals surface area (Å²) in [4.78, 5) is 39.8. The Morgan fingerprint density at radius 2 is 1.47 bits per heavy atom. The first kappa shape index (κ1) is 21.5. The van der Waals surface area contributed by atoms with Gasteiger partial charge < -0.3 is 20.3 Å². The third-order valence-electron chi connectivity index (χ3n) is 7.85. The van der Waals surface area contributed by atoms with Crippen LogP contribution in [0.4, 0.5) is 0 Å². The Bertz CT molecular complexity index is 694. The van der Waals surface area contributed by atoms with E-state index < -0.39 is 0 Å². The van der Waals surface area contributed by atoms with E-state index >= 15 is 0 Å². The zero-order valence-corrected chi connectivity index (χ0v) is 18.3. The number of rotatable bonds is 11. The van der Waals surface area contributed by atoms with Crippen molar-refractivity contribution >= 4 is 17.6 Å². The number of nitrogens with zero attached hydrogens (tertiary/aromatic N) is 1. The summed E-state index contributed by atoms with van der Waals surface area (Å²) in [5.74, 6) is 0.102. The normalized spacial score (nSPS) is 30.7. The van der Waals surface area contributed by atoms with Gasteiger partial charge in [-0.15, -0.1) is 0 Å². The van der Waals surface area contributed by atoms with Crippen LogP contribution in [0.5, 0.6) is 0 Å². The molecule has 1 saturated heterocycles. The highest BCUT2D eigenvalue weighted by Crippen LogP contribution is 2.72. The van der Waals surface area contributed by atoms with Crippen LogP contribution in [0.1, 0.15) is 58.3 Å². The minimum Gasteiger partial charge on any atom is -0.356 e. The number of Topliss-reactive ketones (excluding diaryl/α,β-unsaturated/α-hetero) is 1. The Hall–Kier alpha value is -1.69. The summed E-state index contributed by atoms with van der Waals surface area (Å²) in [6, 6.07) is 0. The molecular weight excluding hydrogens is 378 g/mol. The molecule has 6 heteroatoms. The van der Waals surface area contributed by atoms with Crippen molar-refractivity contribution in [1.29, 1.82) is 0 Å². The van der Waals surface area contributed by atoms with Gasteiger partial charge in [0, 0.05) is 19.5 Å². The zero-order valence-electron chi connectivity index (χ0n) is 18.3. The molecule has 0 aromatic carbocycles. The van der Waals surface area contributed by atoms with Crippen LogP contribution in [0.25, 0.3) is 0 Å². The van der Waals surface area contributed by atoms with Crippen LogP contribution in [-0.2, 0) is 14.4 Å². The van der Waals surface area contributed by atoms with Crippen LogP contribution < -0.4 is 10.6 Å². The molecular formula is C24H37N3O3. The molecule has 0 aromatic rings. The SMILES string of the molecule is CC(=O)CCCNC(=O)[C@H]1[C@H](C(=O)NCCCCN2CCCC2)[C@H]2C=C[C@H]1C21CC1. The van der Waals surface area contributed by atoms with Crippen LogP contribution in [-0.4, -0.2) is 55.2 Å². The highest BCUT2D eigenvalue weighted by atomic mass is 16.2. The number of hydrogen-bond donors (Lipinski definition) is 2. The topological polar surface area (TPSA) is 78.5 Å². The molecule has 2 bridgehead atoms. The summed E-state index contributed by atoms with van der Waals surface area (Å²) in [5.41, 5.74) is 0.166. The Kier molecular flexibility index (Phi) is 6.61. The van der Waals surface area contributed by atoms with E-state index in [0.29, 0.717) is 25.9 Å². The van der Waals surface area contributed by atoms with Crippen LogP contribution in [0.15, 0.2) is 12.2 Å². The Morgan fingerprint density at radius 3 is 2.00 bits per heavy atom. The van der Waals surface area contributed by atoms with Gasteiger partial charge in [0.25, 0.3) is 0 Å². The standard InChI is InChI=1S/C24H37N3O3/c1-17(28)7-6-13-26-23(30)21-19-9-8-18(24(19)10-11-24)20(21)22(29)25-12-2-3-14-27-15-4-5-16-27/h8-9,18-21H,2-7,10-16H2,1H3,(H,25,29)(H,26,30)/t18-,19-,20-,21-/m1/s1. The summed E-state index contributed by atoms with van der Waals surface area (Å²) in [7, 11) is 0. The lowest BCUT2D eigenvalue weighted by atomic mass is 9.81. The van der Waals surface area contributed by atoms with Gasteiger partial charge in [-0.3, -0.25) is 9.59 Å². The zero-order chi connectivity index (χ0) is 21.1. The second kappa shape index (κ2) is 9.21. The maximum absolute atomic E-state index is 13.1. The van der Waals surface area contributed by atoms with Crippen LogP contribution >= 0.6 is 0 Å². The lowest BCUT2D eigenvalue weighted by Gasteiger charge is -2.26. The van der Waals surface area contributed by atoms with E-state index in [1.54, 1.807) is 6.92 Å². The lowest BCUT2D eigenvalue weighted by molar-refractivity contribution is -0.135. The fraction of sp³-hybridized carbons (Fsp3) is 0.792. The summed E-state index contributed by atoms with van der Waals surface area (Å²) in [5, 5.41) is 6.16. The molecule has 6 nitrogen and oxygen atoms in total.